The molecule has 0 spiro atoms. The monoisotopic (exact) mass is 1690 g/mol. The van der Waals surface area contributed by atoms with E-state index >= 15 is 0 Å². The first-order valence-corrected chi connectivity index (χ1v) is 41.2. The molecule has 0 aliphatic heterocycles. The predicted molar refractivity (Wildman–Crippen MR) is 487 cm³/mol. The zero-order chi connectivity index (χ0) is 88.9. The number of methoxy groups -OCH3 is 2. The Morgan fingerprint density at radius 2 is 0.730 bits per heavy atom. The average Bonchev–Trinajstić information content (AvgIpc) is 1.61. The smallest absolute Gasteiger partial charge is 0.214 e. The lowest BCUT2D eigenvalue weighted by Gasteiger charge is -2.13. The van der Waals surface area contributed by atoms with Gasteiger partial charge in [0.2, 0.25) is 11.8 Å². The summed E-state index contributed by atoms with van der Waals surface area (Å²) in [6.07, 6.45) is 31.3. The second-order valence-corrected chi connectivity index (χ2v) is 27.7. The van der Waals surface area contributed by atoms with Crippen molar-refractivity contribution in [1.29, 1.82) is 0 Å². The summed E-state index contributed by atoms with van der Waals surface area (Å²) in [5.74, 6) is 4.05. The van der Waals surface area contributed by atoms with Crippen LogP contribution in [-0.2, 0) is 70.5 Å². The van der Waals surface area contributed by atoms with Crippen molar-refractivity contribution < 1.29 is 42.7 Å². The number of aromatic nitrogens is 20. The average molecular weight is 1690 g/mol. The molecule has 29 nitrogen and oxygen atoms in total. The van der Waals surface area contributed by atoms with E-state index in [1.54, 1.807) is 113 Å². The lowest BCUT2D eigenvalue weighted by molar-refractivity contribution is 0.111. The number of carbonyl (C=O) groups is 1. The lowest BCUT2D eigenvalue weighted by Crippen LogP contribution is -2.07. The quantitative estimate of drug-likeness (QED) is 0.0260. The van der Waals surface area contributed by atoms with Gasteiger partial charge in [0, 0.05) is 159 Å². The highest BCUT2D eigenvalue weighted by atomic mass is 16.5. The molecule has 646 valence electrons. The molecule has 15 rings (SSSR count). The van der Waals surface area contributed by atoms with Crippen LogP contribution in [0.1, 0.15) is 119 Å². The second-order valence-electron chi connectivity index (χ2n) is 27.7. The summed E-state index contributed by atoms with van der Waals surface area (Å²) < 4.78 is 54.9. The van der Waals surface area contributed by atoms with Crippen molar-refractivity contribution in [3.8, 4) is 97.4 Å². The third-order valence-electron chi connectivity index (χ3n) is 19.4. The van der Waals surface area contributed by atoms with Crippen molar-refractivity contribution >= 4 is 30.6 Å². The van der Waals surface area contributed by atoms with Gasteiger partial charge >= 0.3 is 0 Å². The van der Waals surface area contributed by atoms with E-state index in [-0.39, 0.29) is 6.61 Å². The molecule has 0 radical (unpaired) electrons. The summed E-state index contributed by atoms with van der Waals surface area (Å²) in [6.45, 7) is 38.1. The number of carbonyl (C=O) groups excluding carboxylic acids is 1. The molecule has 0 amide bonds. The molecule has 29 heteroatoms. The van der Waals surface area contributed by atoms with Crippen LogP contribution in [-0.4, -0.2) is 132 Å². The SMILES string of the molecule is C=Cc1cc(OC)ncc1OCc1cccnc1-c1c(C)cnn1CC.C=Cc1nc(C)ccc1OCc1cccnc1-c1ccnn1CC.C=Cc1nc(C)ccc1OCc1cccnc1-c1ccnn1CCC.C=Cc1ncccc1OCc1cccnc1-c1ccnn1CC.CCn1nccc1-c1ncccc1COc1cnc(OCCOC)cc1C=O. The van der Waals surface area contributed by atoms with Crippen LogP contribution in [0.4, 0.5) is 0 Å². The first-order valence-electron chi connectivity index (χ1n) is 41.2. The highest BCUT2D eigenvalue weighted by Crippen LogP contribution is 2.33. The van der Waals surface area contributed by atoms with E-state index in [0.717, 1.165) is 181 Å². The molecule has 126 heavy (non-hydrogen) atoms. The first kappa shape index (κ1) is 91.5. The van der Waals surface area contributed by atoms with Crippen LogP contribution in [0.25, 0.3) is 81.2 Å². The molecule has 15 aromatic rings. The van der Waals surface area contributed by atoms with Gasteiger partial charge in [-0.3, -0.25) is 58.1 Å². The summed E-state index contributed by atoms with van der Waals surface area (Å²) in [5, 5.41) is 21.7. The molecule has 0 atom stereocenters. The Morgan fingerprint density at radius 3 is 1.14 bits per heavy atom. The topological polar surface area (TPSA) is 309 Å². The highest BCUT2D eigenvalue weighted by molar-refractivity contribution is 5.79. The van der Waals surface area contributed by atoms with E-state index in [9.17, 15) is 4.79 Å². The summed E-state index contributed by atoms with van der Waals surface area (Å²) in [6, 6.07) is 42.1. The minimum Gasteiger partial charge on any atom is -0.487 e. The predicted octanol–water partition coefficient (Wildman–Crippen LogP) is 18.4. The van der Waals surface area contributed by atoms with Crippen molar-refractivity contribution in [2.75, 3.05) is 27.4 Å². The Balaban J connectivity index is 0.000000153. The summed E-state index contributed by atoms with van der Waals surface area (Å²) >= 11 is 0. The van der Waals surface area contributed by atoms with Gasteiger partial charge in [-0.15, -0.1) is 0 Å². The van der Waals surface area contributed by atoms with Gasteiger partial charge in [-0.25, -0.2) is 19.9 Å². The van der Waals surface area contributed by atoms with Gasteiger partial charge in [0.15, 0.2) is 6.29 Å². The maximum Gasteiger partial charge on any atom is 0.214 e. The van der Waals surface area contributed by atoms with Crippen molar-refractivity contribution in [2.45, 2.75) is 128 Å². The number of hydrogen-bond donors (Lipinski definition) is 0. The fraction of sp³-hybridized carbons (Fsp3) is 0.237. The van der Waals surface area contributed by atoms with Crippen LogP contribution >= 0.6 is 0 Å². The van der Waals surface area contributed by atoms with Crippen molar-refractivity contribution in [3.63, 3.8) is 0 Å². The van der Waals surface area contributed by atoms with Gasteiger partial charge in [-0.1, -0.05) is 69.6 Å². The third-order valence-corrected chi connectivity index (χ3v) is 19.4. The molecule has 15 heterocycles. The summed E-state index contributed by atoms with van der Waals surface area (Å²) in [4.78, 5) is 55.6. The molecule has 0 saturated carbocycles. The van der Waals surface area contributed by atoms with Gasteiger partial charge in [0.05, 0.1) is 94.8 Å². The fourth-order valence-corrected chi connectivity index (χ4v) is 13.1. The Labute approximate surface area is 733 Å². The van der Waals surface area contributed by atoms with Crippen LogP contribution in [0.15, 0.2) is 240 Å². The third kappa shape index (κ3) is 24.1. The molecular weight excluding hydrogens is 1590 g/mol. The van der Waals surface area contributed by atoms with Crippen molar-refractivity contribution in [1.82, 2.24) is 98.7 Å². The lowest BCUT2D eigenvalue weighted by atomic mass is 10.1. The number of nitrogens with zero attached hydrogens (tertiary/aromatic N) is 20. The molecule has 0 bridgehead atoms. The molecule has 0 aromatic carbocycles. The number of aryl methyl sites for hydroxylation is 8. The Hall–Kier alpha value is -15.3. The second kappa shape index (κ2) is 47.2. The highest BCUT2D eigenvalue weighted by Gasteiger charge is 2.21. The van der Waals surface area contributed by atoms with Crippen molar-refractivity contribution in [3.05, 3.63) is 313 Å². The molecule has 0 fully saturated rings. The van der Waals surface area contributed by atoms with E-state index in [1.807, 2.05) is 185 Å². The molecule has 0 N–H and O–H groups in total. The van der Waals surface area contributed by atoms with E-state index in [4.69, 9.17) is 37.9 Å². The summed E-state index contributed by atoms with van der Waals surface area (Å²) in [7, 11) is 3.17. The largest absolute Gasteiger partial charge is 0.487 e. The normalized spacial score (nSPS) is 10.6. The van der Waals surface area contributed by atoms with Gasteiger partial charge in [0.25, 0.3) is 0 Å². The standard InChI is InChI=1S/C20H22N4O4.C20H22N4O2.C20H22N4O.C19H20N4O.C18H18N4O/c1-3-24-17(6-8-23-24)20-15(5-4-7-21-20)14-28-18-12-22-19(11-16(18)13-25)27-10-9-26-2;1-5-15-10-18(25-4)22-12-17(15)26-13-16-8-7-9-21-19(16)20-14(3)11-23-24(20)6-2;1-4-13-24-18(10-12-22-24)20-16(7-6-11-21-20)14-25-19-9-8-15(3)23-17(19)5-2;1-4-16-18(9-8-14(3)22-16)24-13-15-7-6-11-20-19(15)17-10-12-21-23(17)5-2;1-3-15-17(8-6-10-19-15)23-13-14-7-5-11-20-18(14)16-9-12-21-22(16)4-2/h4-8,11-13H,3,9-10,14H2,1-2H3;5,7-12H,1,6,13H2,2-4H3;5-12H,2,4,13-14H2,1,3H3;4,6-12H,1,5,13H2,2-3H3;3,5-12H,1,4,13H2,2H3. The van der Waals surface area contributed by atoms with E-state index < -0.39 is 0 Å². The number of ether oxygens (including phenoxy) is 8. The maximum atomic E-state index is 11.4. The van der Waals surface area contributed by atoms with E-state index in [0.29, 0.717) is 74.2 Å². The molecule has 0 aliphatic carbocycles. The number of hydrogen-bond acceptors (Lipinski definition) is 24. The molecule has 0 unspecified atom stereocenters. The minimum atomic E-state index is 0.241. The van der Waals surface area contributed by atoms with E-state index in [2.05, 4.69) is 129 Å². The van der Waals surface area contributed by atoms with Gasteiger partial charge in [0.1, 0.15) is 85.5 Å². The van der Waals surface area contributed by atoms with Crippen LogP contribution < -0.4 is 33.2 Å². The molecular formula is C97H104N20O9. The Kier molecular flexibility index (Phi) is 34.3. The van der Waals surface area contributed by atoms with Gasteiger partial charge in [-0.05, 0) is 170 Å². The van der Waals surface area contributed by atoms with Crippen LogP contribution in [0.3, 0.4) is 0 Å². The Bertz CT molecular complexity index is 6070. The molecule has 0 aliphatic rings. The maximum absolute atomic E-state index is 11.4. The minimum absolute atomic E-state index is 0.241. The Morgan fingerprint density at radius 1 is 0.349 bits per heavy atom. The van der Waals surface area contributed by atoms with Crippen LogP contribution in [0, 0.1) is 20.8 Å². The van der Waals surface area contributed by atoms with Crippen LogP contribution in [0.2, 0.25) is 0 Å². The number of pyridine rings is 10. The molecule has 15 aromatic heterocycles. The molecule has 0 saturated heterocycles. The number of aldehydes is 1. The van der Waals surface area contributed by atoms with Gasteiger partial charge < -0.3 is 37.9 Å². The van der Waals surface area contributed by atoms with Crippen LogP contribution in [0.5, 0.6) is 40.5 Å². The zero-order valence-corrected chi connectivity index (χ0v) is 72.7. The summed E-state index contributed by atoms with van der Waals surface area (Å²) in [5.41, 5.74) is 20.5. The zero-order valence-electron chi connectivity index (χ0n) is 72.7. The van der Waals surface area contributed by atoms with E-state index in [1.165, 1.54) is 6.20 Å². The van der Waals surface area contributed by atoms with Gasteiger partial charge in [-0.2, -0.15) is 25.5 Å². The van der Waals surface area contributed by atoms with Crippen molar-refractivity contribution in [2.24, 2.45) is 0 Å². The fourth-order valence-electron chi connectivity index (χ4n) is 13.1. The number of rotatable bonds is 36. The first-order chi connectivity index (χ1) is 61.7.